The van der Waals surface area contributed by atoms with Gasteiger partial charge in [0.1, 0.15) is 5.60 Å². The molecular weight excluding hydrogens is 113 g/mol. The molecule has 1 amide bonds. The van der Waals surface area contributed by atoms with Crippen molar-refractivity contribution in [2.24, 2.45) is 0 Å². The van der Waals surface area contributed by atoms with E-state index in [0.717, 1.165) is 0 Å². The van der Waals surface area contributed by atoms with Crippen molar-refractivity contribution in [2.45, 2.75) is 26.4 Å². The molecule has 0 aromatic carbocycles. The minimum absolute atomic E-state index is 0. The van der Waals surface area contributed by atoms with Gasteiger partial charge in [-0.1, -0.05) is 0 Å². The number of nitrogens with one attached hydrogen (secondary N) is 1. The molecule has 0 aliphatic carbocycles. The number of hydrogen-bond donors (Lipinski definition) is 0. The van der Waals surface area contributed by atoms with Gasteiger partial charge in [0.05, 0.1) is 0 Å². The standard InChI is InChI=1S/C5H11NO2.Li/c1-5(2,3)8-4(6)7;/h1-3H3,(H2,6,7);/q;+1/p-1. The molecule has 0 unspecified atom stereocenters. The fourth-order valence-corrected chi connectivity index (χ4v) is 0.278. The Kier molecular flexibility index (Phi) is 4.93. The molecule has 0 atom stereocenters. The Hall–Kier alpha value is -0.133. The molecule has 0 bridgehead atoms. The summed E-state index contributed by atoms with van der Waals surface area (Å²) in [6, 6.07) is 0. The minimum Gasteiger partial charge on any atom is -0.632 e. The molecule has 9 heavy (non-hydrogen) atoms. The van der Waals surface area contributed by atoms with Crippen molar-refractivity contribution in [3.63, 3.8) is 0 Å². The second-order valence-electron chi connectivity index (χ2n) is 2.50. The average Bonchev–Trinajstić information content (AvgIpc) is 1.21. The molecule has 48 valence electrons. The van der Waals surface area contributed by atoms with E-state index < -0.39 is 11.7 Å². The first-order valence-electron chi connectivity index (χ1n) is 2.36. The molecule has 0 fully saturated rings. The van der Waals surface area contributed by atoms with Crippen molar-refractivity contribution in [3.8, 4) is 0 Å². The summed E-state index contributed by atoms with van der Waals surface area (Å²) in [6.07, 6.45) is -0.975. The topological polar surface area (TPSA) is 50.1 Å². The van der Waals surface area contributed by atoms with Gasteiger partial charge in [-0.3, -0.25) is 4.79 Å². The first kappa shape index (κ1) is 11.6. The first-order chi connectivity index (χ1) is 3.42. The molecule has 3 nitrogen and oxygen atoms in total. The summed E-state index contributed by atoms with van der Waals surface area (Å²) in [7, 11) is 0. The fourth-order valence-electron chi connectivity index (χ4n) is 0.278. The van der Waals surface area contributed by atoms with Crippen molar-refractivity contribution in [2.75, 3.05) is 0 Å². The van der Waals surface area contributed by atoms with Crippen LogP contribution in [0.15, 0.2) is 0 Å². The SMILES string of the molecule is CC(C)(C)OC([NH-])=O.[Li+]. The predicted molar refractivity (Wildman–Crippen MR) is 30.6 cm³/mol. The maximum Gasteiger partial charge on any atom is 1.00 e. The van der Waals surface area contributed by atoms with Gasteiger partial charge in [-0.25, -0.2) is 0 Å². The third kappa shape index (κ3) is 11.4. The third-order valence-electron chi connectivity index (χ3n) is 0.399. The van der Waals surface area contributed by atoms with Crippen LogP contribution < -0.4 is 18.9 Å². The van der Waals surface area contributed by atoms with Crippen molar-refractivity contribution in [1.82, 2.24) is 0 Å². The average molecular weight is 123 g/mol. The Morgan fingerprint density at radius 3 is 1.78 bits per heavy atom. The number of carbonyl (C=O) groups is 1. The van der Waals surface area contributed by atoms with Gasteiger partial charge >= 0.3 is 18.9 Å². The quantitative estimate of drug-likeness (QED) is 0.387. The molecule has 0 heterocycles. The van der Waals surface area contributed by atoms with E-state index in [1.165, 1.54) is 0 Å². The maximum absolute atomic E-state index is 9.90. The molecule has 0 aliphatic rings. The van der Waals surface area contributed by atoms with Crippen molar-refractivity contribution in [1.29, 1.82) is 0 Å². The molecule has 0 rings (SSSR count). The van der Waals surface area contributed by atoms with Gasteiger partial charge in [0.2, 0.25) is 6.09 Å². The van der Waals surface area contributed by atoms with Gasteiger partial charge in [0, 0.05) is 0 Å². The Labute approximate surface area is 67.1 Å². The third-order valence-corrected chi connectivity index (χ3v) is 0.399. The molecule has 1 N–H and O–H groups in total. The van der Waals surface area contributed by atoms with Crippen LogP contribution in [0.2, 0.25) is 0 Å². The monoisotopic (exact) mass is 123 g/mol. The summed E-state index contributed by atoms with van der Waals surface area (Å²) in [4.78, 5) is 9.90. The summed E-state index contributed by atoms with van der Waals surface area (Å²) < 4.78 is 4.47. The van der Waals surface area contributed by atoms with Crippen LogP contribution in [0.5, 0.6) is 0 Å². The molecule has 0 saturated carbocycles. The fraction of sp³-hybridized carbons (Fsp3) is 0.800. The van der Waals surface area contributed by atoms with Crippen molar-refractivity contribution >= 4 is 6.09 Å². The van der Waals surface area contributed by atoms with Gasteiger partial charge in [-0.05, 0) is 20.8 Å². The van der Waals surface area contributed by atoms with Crippen LogP contribution in [0, 0.1) is 0 Å². The summed E-state index contributed by atoms with van der Waals surface area (Å²) in [5.41, 5.74) is 5.86. The van der Waals surface area contributed by atoms with E-state index >= 15 is 0 Å². The summed E-state index contributed by atoms with van der Waals surface area (Å²) in [6.45, 7) is 5.16. The van der Waals surface area contributed by atoms with Crippen molar-refractivity contribution in [3.05, 3.63) is 5.73 Å². The second kappa shape index (κ2) is 3.81. The van der Waals surface area contributed by atoms with Gasteiger partial charge in [0.25, 0.3) is 0 Å². The van der Waals surface area contributed by atoms with Gasteiger partial charge in [-0.2, -0.15) is 0 Å². The van der Waals surface area contributed by atoms with E-state index in [2.05, 4.69) is 4.74 Å². The van der Waals surface area contributed by atoms with Crippen molar-refractivity contribution < 1.29 is 28.4 Å². The molecule has 0 aromatic rings. The van der Waals surface area contributed by atoms with E-state index in [1.54, 1.807) is 20.8 Å². The van der Waals surface area contributed by atoms with E-state index in [-0.39, 0.29) is 18.9 Å². The van der Waals surface area contributed by atoms with Crippen LogP contribution in [0.4, 0.5) is 4.79 Å². The van der Waals surface area contributed by atoms with Crippen LogP contribution in [-0.4, -0.2) is 11.7 Å². The van der Waals surface area contributed by atoms with Gasteiger partial charge in [-0.15, -0.1) is 0 Å². The molecule has 4 heteroatoms. The predicted octanol–water partition coefficient (Wildman–Crippen LogP) is -1.02. The van der Waals surface area contributed by atoms with Crippen LogP contribution in [0.25, 0.3) is 5.73 Å². The zero-order valence-electron chi connectivity index (χ0n) is 6.32. The number of hydrogen-bond acceptors (Lipinski definition) is 2. The number of rotatable bonds is 0. The summed E-state index contributed by atoms with van der Waals surface area (Å²) in [5, 5.41) is 0. The number of ether oxygens (including phenoxy) is 1. The Bertz CT molecular complexity index is 97.6. The van der Waals surface area contributed by atoms with E-state index in [4.69, 9.17) is 5.73 Å². The molecule has 0 saturated heterocycles. The minimum atomic E-state index is -0.975. The van der Waals surface area contributed by atoms with Crippen LogP contribution in [-0.2, 0) is 4.74 Å². The first-order valence-corrected chi connectivity index (χ1v) is 2.36. The molecule has 0 radical (unpaired) electrons. The number of amides is 1. The molecule has 0 aliphatic heterocycles. The molecular formula is C5H10LiNO2. The van der Waals surface area contributed by atoms with E-state index in [1.807, 2.05) is 0 Å². The Morgan fingerprint density at radius 1 is 1.44 bits per heavy atom. The van der Waals surface area contributed by atoms with E-state index in [9.17, 15) is 4.79 Å². The van der Waals surface area contributed by atoms with Gasteiger partial charge in [0.15, 0.2) is 0 Å². The zero-order chi connectivity index (χ0) is 6.78. The van der Waals surface area contributed by atoms with Crippen LogP contribution >= 0.6 is 0 Å². The largest absolute Gasteiger partial charge is 1.00 e. The van der Waals surface area contributed by atoms with E-state index in [0.29, 0.717) is 0 Å². The van der Waals surface area contributed by atoms with Gasteiger partial charge < -0.3 is 10.5 Å². The molecule has 0 spiro atoms. The normalized spacial score (nSPS) is 9.67. The van der Waals surface area contributed by atoms with Crippen LogP contribution in [0.1, 0.15) is 20.8 Å². The zero-order valence-corrected chi connectivity index (χ0v) is 6.32. The summed E-state index contributed by atoms with van der Waals surface area (Å²) >= 11 is 0. The Morgan fingerprint density at radius 2 is 1.78 bits per heavy atom. The number of carbonyl (C=O) groups excluding carboxylic acids is 1. The molecule has 0 aromatic heterocycles. The van der Waals surface area contributed by atoms with Crippen LogP contribution in [0.3, 0.4) is 0 Å². The second-order valence-corrected chi connectivity index (χ2v) is 2.50. The Balaban J connectivity index is 0. The summed E-state index contributed by atoms with van der Waals surface area (Å²) in [5.74, 6) is 0. The smallest absolute Gasteiger partial charge is 0.632 e. The maximum atomic E-state index is 9.90.